The molecule has 4 rings (SSSR count). The number of alkyl halides is 1. The first-order valence-corrected chi connectivity index (χ1v) is 6.31. The molecule has 4 fully saturated rings. The Morgan fingerprint density at radius 2 is 1.71 bits per heavy atom. The van der Waals surface area contributed by atoms with Crippen LogP contribution in [0.25, 0.3) is 0 Å². The van der Waals surface area contributed by atoms with Gasteiger partial charge in [-0.2, -0.15) is 0 Å². The first-order chi connectivity index (χ1) is 6.13. The van der Waals surface area contributed by atoms with Crippen LogP contribution in [0.4, 0.5) is 0 Å². The predicted molar refractivity (Wildman–Crippen MR) is 68.1 cm³/mol. The Hall–Kier alpha value is 0.920. The van der Waals surface area contributed by atoms with Gasteiger partial charge in [0.1, 0.15) is 0 Å². The summed E-state index contributed by atoms with van der Waals surface area (Å²) < 4.78 is 0.496. The van der Waals surface area contributed by atoms with E-state index in [2.05, 4.69) is 15.9 Å². The Labute approximate surface area is 105 Å². The number of halogens is 2. The van der Waals surface area contributed by atoms with E-state index in [0.717, 1.165) is 18.4 Å². The number of nitrogens with two attached hydrogens (primary N) is 1. The highest BCUT2D eigenvalue weighted by atomic mass is 79.9. The van der Waals surface area contributed by atoms with Crippen molar-refractivity contribution in [1.82, 2.24) is 0 Å². The molecule has 0 aromatic carbocycles. The zero-order chi connectivity index (χ0) is 9.10. The fourth-order valence-corrected chi connectivity index (χ4v) is 6.09. The van der Waals surface area contributed by atoms with Gasteiger partial charge in [-0.25, -0.2) is 0 Å². The second-order valence-corrected chi connectivity index (χ2v) is 7.50. The molecule has 0 radical (unpaired) electrons. The molecule has 0 heterocycles. The summed E-state index contributed by atoms with van der Waals surface area (Å²) in [7, 11) is 0. The van der Waals surface area contributed by atoms with Crippen LogP contribution in [0.15, 0.2) is 0 Å². The van der Waals surface area contributed by atoms with Gasteiger partial charge in [0.2, 0.25) is 0 Å². The molecule has 0 aromatic heterocycles. The lowest BCUT2D eigenvalue weighted by Crippen LogP contribution is -2.55. The summed E-state index contributed by atoms with van der Waals surface area (Å²) in [5.74, 6) is 1.98. The van der Waals surface area contributed by atoms with E-state index in [1.807, 2.05) is 0 Å². The van der Waals surface area contributed by atoms with Crippen LogP contribution in [0.1, 0.15) is 38.5 Å². The van der Waals surface area contributed by atoms with Crippen LogP contribution in [-0.2, 0) is 0 Å². The van der Waals surface area contributed by atoms with E-state index >= 15 is 0 Å². The SMILES string of the molecule is Br.NCC12CC3CC(CC(Br)(C3)C1)C2. The van der Waals surface area contributed by atoms with Crippen molar-refractivity contribution < 1.29 is 0 Å². The lowest BCUT2D eigenvalue weighted by Gasteiger charge is -2.60. The van der Waals surface area contributed by atoms with E-state index in [1.54, 1.807) is 0 Å². The van der Waals surface area contributed by atoms with Crippen molar-refractivity contribution in [3.8, 4) is 0 Å². The Balaban J connectivity index is 0.000000750. The quantitative estimate of drug-likeness (QED) is 0.736. The van der Waals surface area contributed by atoms with Crippen LogP contribution in [0.5, 0.6) is 0 Å². The van der Waals surface area contributed by atoms with Crippen LogP contribution in [0.2, 0.25) is 0 Å². The van der Waals surface area contributed by atoms with E-state index in [0.29, 0.717) is 9.74 Å². The Morgan fingerprint density at radius 3 is 2.14 bits per heavy atom. The summed E-state index contributed by atoms with van der Waals surface area (Å²) in [4.78, 5) is 0. The summed E-state index contributed by atoms with van der Waals surface area (Å²) in [6, 6.07) is 0. The zero-order valence-electron chi connectivity index (χ0n) is 8.47. The minimum atomic E-state index is 0. The maximum absolute atomic E-state index is 5.97. The molecule has 4 bridgehead atoms. The Kier molecular flexibility index (Phi) is 2.82. The van der Waals surface area contributed by atoms with Crippen molar-refractivity contribution in [3.05, 3.63) is 0 Å². The lowest BCUT2D eigenvalue weighted by molar-refractivity contribution is -0.0288. The average Bonchev–Trinajstić information content (AvgIpc) is 1.99. The Bertz CT molecular complexity index is 227. The summed E-state index contributed by atoms with van der Waals surface area (Å²) in [6.07, 6.45) is 8.54. The number of rotatable bonds is 1. The number of hydrogen-bond acceptors (Lipinski definition) is 1. The van der Waals surface area contributed by atoms with Gasteiger partial charge in [-0.05, 0) is 62.3 Å². The molecule has 14 heavy (non-hydrogen) atoms. The first-order valence-electron chi connectivity index (χ1n) is 5.52. The Morgan fingerprint density at radius 1 is 1.14 bits per heavy atom. The van der Waals surface area contributed by atoms with Crippen LogP contribution in [0, 0.1) is 17.3 Å². The van der Waals surface area contributed by atoms with Gasteiger partial charge < -0.3 is 5.73 Å². The fourth-order valence-electron chi connectivity index (χ4n) is 4.57. The van der Waals surface area contributed by atoms with Gasteiger partial charge >= 0.3 is 0 Å². The zero-order valence-corrected chi connectivity index (χ0v) is 11.8. The van der Waals surface area contributed by atoms with Gasteiger partial charge in [0.25, 0.3) is 0 Å². The van der Waals surface area contributed by atoms with Gasteiger partial charge in [-0.1, -0.05) is 15.9 Å². The maximum atomic E-state index is 5.97. The van der Waals surface area contributed by atoms with Crippen LogP contribution in [-0.4, -0.2) is 10.9 Å². The average molecular weight is 325 g/mol. The molecule has 4 aliphatic rings. The lowest BCUT2D eigenvalue weighted by atomic mass is 9.49. The molecule has 4 saturated carbocycles. The minimum absolute atomic E-state index is 0. The predicted octanol–water partition coefficient (Wildman–Crippen LogP) is 3.26. The molecule has 2 unspecified atom stereocenters. The molecular formula is C11H19Br2N. The monoisotopic (exact) mass is 323 g/mol. The standard InChI is InChI=1S/C11H18BrN.BrH/c12-11-4-8-1-9(5-11)3-10(2-8,6-11)7-13;/h8-9H,1-7,13H2;1H. The molecule has 1 nitrogen and oxygen atoms in total. The molecule has 2 N–H and O–H groups in total. The fraction of sp³-hybridized carbons (Fsp3) is 1.00. The molecular weight excluding hydrogens is 306 g/mol. The molecule has 0 amide bonds. The largest absolute Gasteiger partial charge is 0.330 e. The van der Waals surface area contributed by atoms with E-state index in [-0.39, 0.29) is 17.0 Å². The molecule has 0 aliphatic heterocycles. The van der Waals surface area contributed by atoms with Crippen molar-refractivity contribution in [2.75, 3.05) is 6.54 Å². The third kappa shape index (κ3) is 1.60. The molecule has 2 atom stereocenters. The molecule has 0 aromatic rings. The summed E-state index contributed by atoms with van der Waals surface area (Å²) in [5.41, 5.74) is 6.50. The van der Waals surface area contributed by atoms with Crippen molar-refractivity contribution in [1.29, 1.82) is 0 Å². The normalized spacial score (nSPS) is 54.4. The van der Waals surface area contributed by atoms with E-state index in [4.69, 9.17) is 5.73 Å². The highest BCUT2D eigenvalue weighted by Gasteiger charge is 2.55. The van der Waals surface area contributed by atoms with Gasteiger partial charge in [-0.3, -0.25) is 0 Å². The van der Waals surface area contributed by atoms with Crippen molar-refractivity contribution in [2.24, 2.45) is 23.0 Å². The highest BCUT2D eigenvalue weighted by molar-refractivity contribution is 9.10. The second-order valence-electron chi connectivity index (χ2n) is 5.82. The summed E-state index contributed by atoms with van der Waals surface area (Å²) in [6.45, 7) is 0.924. The second kappa shape index (κ2) is 3.46. The van der Waals surface area contributed by atoms with Crippen LogP contribution < -0.4 is 5.73 Å². The van der Waals surface area contributed by atoms with Gasteiger partial charge in [-0.15, -0.1) is 17.0 Å². The first kappa shape index (κ1) is 11.4. The van der Waals surface area contributed by atoms with Crippen LogP contribution >= 0.6 is 32.9 Å². The number of hydrogen-bond donors (Lipinski definition) is 1. The minimum Gasteiger partial charge on any atom is -0.330 e. The molecule has 82 valence electrons. The van der Waals surface area contributed by atoms with Gasteiger partial charge in [0, 0.05) is 4.32 Å². The third-order valence-corrected chi connectivity index (χ3v) is 5.47. The summed E-state index contributed by atoms with van der Waals surface area (Å²) in [5, 5.41) is 0. The topological polar surface area (TPSA) is 26.0 Å². The van der Waals surface area contributed by atoms with E-state index in [9.17, 15) is 0 Å². The molecule has 4 aliphatic carbocycles. The third-order valence-electron chi connectivity index (χ3n) is 4.54. The summed E-state index contributed by atoms with van der Waals surface area (Å²) >= 11 is 3.98. The molecule has 0 spiro atoms. The van der Waals surface area contributed by atoms with Crippen molar-refractivity contribution in [3.63, 3.8) is 0 Å². The maximum Gasteiger partial charge on any atom is 0.0269 e. The molecule has 3 heteroatoms. The van der Waals surface area contributed by atoms with Crippen LogP contribution in [0.3, 0.4) is 0 Å². The van der Waals surface area contributed by atoms with Gasteiger partial charge in [0.15, 0.2) is 0 Å². The van der Waals surface area contributed by atoms with Crippen molar-refractivity contribution in [2.45, 2.75) is 42.8 Å². The van der Waals surface area contributed by atoms with E-state index in [1.165, 1.54) is 38.5 Å². The van der Waals surface area contributed by atoms with Crippen molar-refractivity contribution >= 4 is 32.9 Å². The smallest absolute Gasteiger partial charge is 0.0269 e. The molecule has 0 saturated heterocycles. The highest BCUT2D eigenvalue weighted by Crippen LogP contribution is 2.63. The van der Waals surface area contributed by atoms with Gasteiger partial charge in [0.05, 0.1) is 0 Å². The van der Waals surface area contributed by atoms with E-state index < -0.39 is 0 Å².